The molecular formula is C15H14N4O3. The van der Waals surface area contributed by atoms with E-state index in [9.17, 15) is 10.4 Å². The average molecular weight is 298 g/mol. The molecule has 0 saturated carbocycles. The maximum Gasteiger partial charge on any atom is 0.244 e. The smallest absolute Gasteiger partial charge is 0.244 e. The number of hydrogen-bond donors (Lipinski definition) is 3. The van der Waals surface area contributed by atoms with E-state index in [-0.39, 0.29) is 17.2 Å². The molecule has 0 unspecified atom stereocenters. The van der Waals surface area contributed by atoms with E-state index in [4.69, 9.17) is 15.2 Å². The molecule has 0 fully saturated rings. The number of phenols is 1. The Morgan fingerprint density at radius 1 is 1.50 bits per heavy atom. The molecule has 1 aliphatic rings. The monoisotopic (exact) mass is 298 g/mol. The van der Waals surface area contributed by atoms with Crippen LogP contribution in [0, 0.1) is 18.3 Å². The van der Waals surface area contributed by atoms with Gasteiger partial charge in [-0.15, -0.1) is 5.10 Å². The molecular weight excluding hydrogens is 284 g/mol. The lowest BCUT2D eigenvalue weighted by molar-refractivity contribution is 0.371. The normalized spacial score (nSPS) is 16.7. The molecule has 3 rings (SSSR count). The minimum atomic E-state index is -0.454. The molecule has 1 atom stereocenters. The molecule has 1 aromatic carbocycles. The number of H-pyrrole nitrogens is 1. The molecule has 2 heterocycles. The van der Waals surface area contributed by atoms with E-state index in [0.717, 1.165) is 11.3 Å². The number of aromatic nitrogens is 2. The summed E-state index contributed by atoms with van der Waals surface area (Å²) in [5, 5.41) is 26.3. The molecule has 112 valence electrons. The number of aromatic amines is 1. The third-order valence-electron chi connectivity index (χ3n) is 3.67. The largest absolute Gasteiger partial charge is 0.504 e. The molecule has 7 heteroatoms. The lowest BCUT2D eigenvalue weighted by atomic mass is 9.84. The number of nitrogens with one attached hydrogen (secondary N) is 1. The van der Waals surface area contributed by atoms with Crippen molar-refractivity contribution in [2.24, 2.45) is 5.73 Å². The molecule has 7 nitrogen and oxygen atoms in total. The summed E-state index contributed by atoms with van der Waals surface area (Å²) in [6.45, 7) is 1.84. The molecule has 1 aliphatic heterocycles. The number of benzene rings is 1. The van der Waals surface area contributed by atoms with Gasteiger partial charge in [0, 0.05) is 11.3 Å². The summed E-state index contributed by atoms with van der Waals surface area (Å²) in [4.78, 5) is 0. The number of methoxy groups -OCH3 is 1. The number of aromatic hydroxyl groups is 1. The van der Waals surface area contributed by atoms with Gasteiger partial charge in [0.25, 0.3) is 0 Å². The summed E-state index contributed by atoms with van der Waals surface area (Å²) in [5.74, 6) is 0.251. The minimum absolute atomic E-state index is 0.00921. The first-order valence-corrected chi connectivity index (χ1v) is 6.56. The fraction of sp³-hybridized carbons (Fsp3) is 0.200. The minimum Gasteiger partial charge on any atom is -0.504 e. The lowest BCUT2D eigenvalue weighted by Gasteiger charge is -2.23. The zero-order valence-corrected chi connectivity index (χ0v) is 12.0. The fourth-order valence-electron chi connectivity index (χ4n) is 2.62. The van der Waals surface area contributed by atoms with Crippen molar-refractivity contribution in [3.8, 4) is 23.4 Å². The number of nitriles is 1. The first-order valence-electron chi connectivity index (χ1n) is 6.56. The van der Waals surface area contributed by atoms with Gasteiger partial charge in [0.15, 0.2) is 11.5 Å². The molecule has 2 aromatic rings. The van der Waals surface area contributed by atoms with E-state index in [0.29, 0.717) is 17.2 Å². The molecule has 0 spiro atoms. The molecule has 0 saturated heterocycles. The first-order chi connectivity index (χ1) is 10.6. The van der Waals surface area contributed by atoms with Gasteiger partial charge in [-0.2, -0.15) is 5.26 Å². The number of phenolic OH excluding ortho intramolecular Hbond substituents is 1. The van der Waals surface area contributed by atoms with E-state index < -0.39 is 5.92 Å². The summed E-state index contributed by atoms with van der Waals surface area (Å²) in [7, 11) is 1.47. The zero-order valence-electron chi connectivity index (χ0n) is 12.0. The number of ether oxygens (including phenoxy) is 2. The van der Waals surface area contributed by atoms with Crippen LogP contribution in [-0.2, 0) is 0 Å². The maximum atomic E-state index is 10.0. The average Bonchev–Trinajstić information content (AvgIpc) is 2.86. The molecule has 4 N–H and O–H groups in total. The number of fused-ring (bicyclic) bond motifs is 1. The van der Waals surface area contributed by atoms with E-state index in [1.54, 1.807) is 18.2 Å². The predicted octanol–water partition coefficient (Wildman–Crippen LogP) is 1.65. The molecule has 1 aromatic heterocycles. The van der Waals surface area contributed by atoms with Crippen LogP contribution in [0.2, 0.25) is 0 Å². The fourth-order valence-corrected chi connectivity index (χ4v) is 2.62. The summed E-state index contributed by atoms with van der Waals surface area (Å²) < 4.78 is 10.4. The van der Waals surface area contributed by atoms with Crippen LogP contribution in [0.1, 0.15) is 22.7 Å². The molecule has 0 amide bonds. The Hall–Kier alpha value is -3.14. The second kappa shape index (κ2) is 5.00. The second-order valence-electron chi connectivity index (χ2n) is 4.92. The van der Waals surface area contributed by atoms with Crippen molar-refractivity contribution >= 4 is 0 Å². The number of aryl methyl sites for hydroxylation is 1. The van der Waals surface area contributed by atoms with Crippen molar-refractivity contribution in [1.29, 1.82) is 5.26 Å². The van der Waals surface area contributed by atoms with E-state index >= 15 is 0 Å². The third-order valence-corrected chi connectivity index (χ3v) is 3.67. The van der Waals surface area contributed by atoms with Crippen LogP contribution in [0.4, 0.5) is 0 Å². The van der Waals surface area contributed by atoms with Gasteiger partial charge < -0.3 is 20.3 Å². The highest BCUT2D eigenvalue weighted by Crippen LogP contribution is 2.44. The highest BCUT2D eigenvalue weighted by Gasteiger charge is 2.34. The van der Waals surface area contributed by atoms with Crippen LogP contribution in [0.25, 0.3) is 0 Å². The number of allylic oxidation sites excluding steroid dienone is 1. The van der Waals surface area contributed by atoms with Crippen LogP contribution in [0.3, 0.4) is 0 Å². The quantitative estimate of drug-likeness (QED) is 0.776. The van der Waals surface area contributed by atoms with E-state index in [1.165, 1.54) is 7.11 Å². The highest BCUT2D eigenvalue weighted by atomic mass is 16.5. The van der Waals surface area contributed by atoms with Gasteiger partial charge >= 0.3 is 0 Å². The van der Waals surface area contributed by atoms with Gasteiger partial charge in [0.2, 0.25) is 11.8 Å². The van der Waals surface area contributed by atoms with Gasteiger partial charge in [0.05, 0.1) is 13.0 Å². The number of nitrogens with two attached hydrogens (primary N) is 1. The van der Waals surface area contributed by atoms with Crippen molar-refractivity contribution in [2.75, 3.05) is 7.11 Å². The van der Waals surface area contributed by atoms with Crippen LogP contribution < -0.4 is 15.2 Å². The Kier molecular flexibility index (Phi) is 3.14. The SMILES string of the molecule is COc1ccc([C@@H]2C(C#N)=C(N)Oc3n[nH]c(C)c32)cc1O. The summed E-state index contributed by atoms with van der Waals surface area (Å²) in [6, 6.07) is 7.05. The van der Waals surface area contributed by atoms with Crippen LogP contribution in [0.5, 0.6) is 17.4 Å². The standard InChI is InChI=1S/C15H14N4O3/c1-7-12-13(8-3-4-11(21-2)10(20)5-8)9(6-16)14(17)22-15(12)19-18-7/h3-5,13,20H,17H2,1-2H3,(H,18,19)/t13-/m1/s1. The second-order valence-corrected chi connectivity index (χ2v) is 4.92. The van der Waals surface area contributed by atoms with E-state index in [2.05, 4.69) is 16.3 Å². The van der Waals surface area contributed by atoms with Crippen LogP contribution in [0.15, 0.2) is 29.7 Å². The zero-order chi connectivity index (χ0) is 15.9. The molecule has 22 heavy (non-hydrogen) atoms. The topological polar surface area (TPSA) is 117 Å². The number of nitrogens with zero attached hydrogens (tertiary/aromatic N) is 2. The Morgan fingerprint density at radius 3 is 2.91 bits per heavy atom. The van der Waals surface area contributed by atoms with Crippen molar-refractivity contribution in [3.05, 3.63) is 46.5 Å². The predicted molar refractivity (Wildman–Crippen MR) is 77.3 cm³/mol. The van der Waals surface area contributed by atoms with Crippen LogP contribution in [-0.4, -0.2) is 22.4 Å². The van der Waals surface area contributed by atoms with Crippen LogP contribution >= 0.6 is 0 Å². The summed E-state index contributed by atoms with van der Waals surface area (Å²) in [6.07, 6.45) is 0. The van der Waals surface area contributed by atoms with Gasteiger partial charge in [-0.1, -0.05) is 6.07 Å². The highest BCUT2D eigenvalue weighted by molar-refractivity contribution is 5.57. The number of hydrogen-bond acceptors (Lipinski definition) is 6. The van der Waals surface area contributed by atoms with Gasteiger partial charge in [0.1, 0.15) is 11.6 Å². The summed E-state index contributed by atoms with van der Waals surface area (Å²) >= 11 is 0. The Balaban J connectivity index is 2.21. The Labute approximate surface area is 126 Å². The van der Waals surface area contributed by atoms with Crippen molar-refractivity contribution in [3.63, 3.8) is 0 Å². The third kappa shape index (κ3) is 1.93. The van der Waals surface area contributed by atoms with Crippen molar-refractivity contribution < 1.29 is 14.6 Å². The summed E-state index contributed by atoms with van der Waals surface area (Å²) in [5.41, 5.74) is 8.31. The first kappa shape index (κ1) is 13.8. The Bertz CT molecular complexity index is 817. The van der Waals surface area contributed by atoms with Gasteiger partial charge in [-0.05, 0) is 24.6 Å². The Morgan fingerprint density at radius 2 is 2.27 bits per heavy atom. The van der Waals surface area contributed by atoms with Gasteiger partial charge in [-0.3, -0.25) is 5.10 Å². The number of rotatable bonds is 2. The van der Waals surface area contributed by atoms with E-state index in [1.807, 2.05) is 6.92 Å². The van der Waals surface area contributed by atoms with Crippen molar-refractivity contribution in [2.45, 2.75) is 12.8 Å². The molecule has 0 bridgehead atoms. The van der Waals surface area contributed by atoms with Crippen molar-refractivity contribution in [1.82, 2.24) is 10.2 Å². The van der Waals surface area contributed by atoms with Gasteiger partial charge in [-0.25, -0.2) is 0 Å². The maximum absolute atomic E-state index is 10.0. The lowest BCUT2D eigenvalue weighted by Crippen LogP contribution is -2.21. The molecule has 0 aliphatic carbocycles. The molecule has 0 radical (unpaired) electrons.